The highest BCUT2D eigenvalue weighted by atomic mass is 35.5. The normalized spacial score (nSPS) is 11.8. The van der Waals surface area contributed by atoms with Gasteiger partial charge < -0.3 is 16.8 Å². The summed E-state index contributed by atoms with van der Waals surface area (Å²) in [7, 11) is 0. The molecule has 1 atom stereocenters. The lowest BCUT2D eigenvalue weighted by molar-refractivity contribution is -0.347. The smallest absolute Gasteiger partial charge is 0.344 e. The topological polar surface area (TPSA) is 163 Å². The molecule has 0 saturated carbocycles. The Balaban J connectivity index is 1.97. The third kappa shape index (κ3) is 3.64. The van der Waals surface area contributed by atoms with Crippen molar-refractivity contribution in [2.45, 2.75) is 13.0 Å². The summed E-state index contributed by atoms with van der Waals surface area (Å²) in [5.74, 6) is 0.506. The van der Waals surface area contributed by atoms with E-state index in [4.69, 9.17) is 34.7 Å². The Morgan fingerprint density at radius 1 is 1.22 bits per heavy atom. The average molecular weight is 469 g/mol. The van der Waals surface area contributed by atoms with Gasteiger partial charge in [0.1, 0.15) is 17.9 Å². The Bertz CT molecular complexity index is 1450. The van der Waals surface area contributed by atoms with Crippen LogP contribution in [0.5, 0.6) is 0 Å². The largest absolute Gasteiger partial charge is 0.372 e. The minimum atomic E-state index is -0.619. The van der Waals surface area contributed by atoms with Gasteiger partial charge in [-0.1, -0.05) is 28.2 Å². The summed E-state index contributed by atoms with van der Waals surface area (Å²) in [4.78, 5) is 28.9. The number of aromatic nitrogens is 5. The van der Waals surface area contributed by atoms with Crippen LogP contribution in [0.25, 0.3) is 16.6 Å². The van der Waals surface area contributed by atoms with E-state index >= 15 is 0 Å². The summed E-state index contributed by atoms with van der Waals surface area (Å²) >= 11 is 12.6. The molecule has 10 nitrogen and oxygen atoms in total. The fourth-order valence-corrected chi connectivity index (χ4v) is 3.73. The van der Waals surface area contributed by atoms with Crippen molar-refractivity contribution in [1.29, 1.82) is 5.26 Å². The van der Waals surface area contributed by atoms with E-state index in [1.807, 2.05) is 6.07 Å². The molecular formula is C20H16Cl2N9O+. The molecule has 0 saturated heterocycles. The van der Waals surface area contributed by atoms with Crippen LogP contribution in [0.2, 0.25) is 10.0 Å². The summed E-state index contributed by atoms with van der Waals surface area (Å²) in [6.07, 6.45) is 3.11. The Kier molecular flexibility index (Phi) is 5.52. The van der Waals surface area contributed by atoms with E-state index in [0.717, 1.165) is 0 Å². The first kappa shape index (κ1) is 21.3. The van der Waals surface area contributed by atoms with E-state index in [2.05, 4.69) is 25.3 Å². The van der Waals surface area contributed by atoms with E-state index in [1.165, 1.54) is 10.8 Å². The molecule has 3 aromatic heterocycles. The molecule has 4 rings (SSSR count). The van der Waals surface area contributed by atoms with Gasteiger partial charge in [0.2, 0.25) is 11.6 Å². The maximum atomic E-state index is 13.5. The van der Waals surface area contributed by atoms with E-state index in [0.29, 0.717) is 11.5 Å². The molecule has 0 bridgehead atoms. The number of nitriles is 1. The van der Waals surface area contributed by atoms with Crippen LogP contribution in [0.4, 0.5) is 17.6 Å². The highest BCUT2D eigenvalue weighted by molar-refractivity contribution is 6.39. The molecule has 0 amide bonds. The maximum Gasteiger partial charge on any atom is 0.344 e. The molecule has 0 aliphatic carbocycles. The minimum absolute atomic E-state index is 0.0159. The van der Waals surface area contributed by atoms with Gasteiger partial charge in [0, 0.05) is 6.20 Å². The molecular weight excluding hydrogens is 453 g/mol. The summed E-state index contributed by atoms with van der Waals surface area (Å²) in [6, 6.07) is 7.88. The molecule has 4 aromatic rings. The number of H-pyrrole nitrogens is 1. The molecule has 0 aliphatic heterocycles. The summed E-state index contributed by atoms with van der Waals surface area (Å²) in [5, 5.41) is 13.3. The fraction of sp³-hybridized carbons (Fsp3) is 0.100. The van der Waals surface area contributed by atoms with Crippen molar-refractivity contribution in [3.05, 3.63) is 68.4 Å². The number of nitrogens with one attached hydrogen (secondary N) is 2. The molecule has 12 heteroatoms. The number of hydrogen-bond acceptors (Lipinski definition) is 8. The average Bonchev–Trinajstić information content (AvgIpc) is 2.76. The summed E-state index contributed by atoms with van der Waals surface area (Å²) < 4.78 is 1.38. The van der Waals surface area contributed by atoms with Crippen LogP contribution in [0, 0.1) is 11.3 Å². The number of pyridine rings is 1. The van der Waals surface area contributed by atoms with E-state index in [1.54, 1.807) is 37.4 Å². The zero-order chi connectivity index (χ0) is 23.0. The van der Waals surface area contributed by atoms with E-state index < -0.39 is 11.6 Å². The van der Waals surface area contributed by atoms with Crippen molar-refractivity contribution < 1.29 is 4.98 Å². The van der Waals surface area contributed by atoms with Crippen LogP contribution in [-0.2, 0) is 0 Å². The first-order chi connectivity index (χ1) is 15.3. The van der Waals surface area contributed by atoms with Crippen molar-refractivity contribution in [2.24, 2.45) is 0 Å². The predicted molar refractivity (Wildman–Crippen MR) is 122 cm³/mol. The number of aromatic amines is 1. The number of rotatable bonds is 4. The quantitative estimate of drug-likeness (QED) is 0.411. The Morgan fingerprint density at radius 2 is 1.97 bits per heavy atom. The van der Waals surface area contributed by atoms with Crippen molar-refractivity contribution in [3.63, 3.8) is 0 Å². The standard InChI is InChI=1S/C20H15Cl2N9O/c1-9(27-17-11(7-23)16(24)29-20(25)30-17)18-28-15-13(22)5-4-12(21)14(15)19(32)31(18)10-3-2-6-26-8-10/h2-6,8-9H,1H3,(H5,24,25,27,29,30)/p+1. The van der Waals surface area contributed by atoms with Crippen LogP contribution in [0.3, 0.4) is 0 Å². The lowest BCUT2D eigenvalue weighted by Gasteiger charge is -2.19. The molecule has 6 N–H and O–H groups in total. The zero-order valence-electron chi connectivity index (χ0n) is 16.6. The predicted octanol–water partition coefficient (Wildman–Crippen LogP) is 2.51. The fourth-order valence-electron chi connectivity index (χ4n) is 3.30. The van der Waals surface area contributed by atoms with Crippen LogP contribution in [-0.4, -0.2) is 19.5 Å². The first-order valence-corrected chi connectivity index (χ1v) is 10.0. The van der Waals surface area contributed by atoms with Crippen LogP contribution < -0.4 is 27.3 Å². The molecule has 1 unspecified atom stereocenters. The molecule has 1 aromatic carbocycles. The van der Waals surface area contributed by atoms with Gasteiger partial charge >= 0.3 is 5.95 Å². The molecule has 32 heavy (non-hydrogen) atoms. The Morgan fingerprint density at radius 3 is 2.66 bits per heavy atom. The van der Waals surface area contributed by atoms with Crippen molar-refractivity contribution in [2.75, 3.05) is 16.8 Å². The number of nitrogens with two attached hydrogens (primary N) is 2. The number of nitrogen functional groups attached to an aromatic ring is 2. The zero-order valence-corrected chi connectivity index (χ0v) is 18.1. The monoisotopic (exact) mass is 468 g/mol. The highest BCUT2D eigenvalue weighted by Gasteiger charge is 2.24. The molecule has 3 heterocycles. The Labute approximate surface area is 191 Å². The van der Waals surface area contributed by atoms with Gasteiger partial charge in [0.05, 0.1) is 32.8 Å². The highest BCUT2D eigenvalue weighted by Crippen LogP contribution is 2.29. The van der Waals surface area contributed by atoms with Gasteiger partial charge in [-0.25, -0.2) is 9.97 Å². The minimum Gasteiger partial charge on any atom is -0.372 e. The second-order valence-corrected chi connectivity index (χ2v) is 7.62. The van der Waals surface area contributed by atoms with Crippen molar-refractivity contribution in [1.82, 2.24) is 19.5 Å². The lowest BCUT2D eigenvalue weighted by Crippen LogP contribution is -2.30. The Hall–Kier alpha value is -3.94. The second-order valence-electron chi connectivity index (χ2n) is 6.81. The molecule has 0 spiro atoms. The first-order valence-electron chi connectivity index (χ1n) is 9.27. The molecule has 0 fully saturated rings. The van der Waals surface area contributed by atoms with Gasteiger partial charge in [-0.05, 0) is 31.2 Å². The number of halogens is 2. The number of nitrogens with zero attached hydrogens (tertiary/aromatic N) is 5. The lowest BCUT2D eigenvalue weighted by atomic mass is 10.2. The van der Waals surface area contributed by atoms with Crippen LogP contribution >= 0.6 is 23.2 Å². The number of hydrogen-bond donors (Lipinski definition) is 3. The van der Waals surface area contributed by atoms with E-state index in [-0.39, 0.29) is 44.1 Å². The summed E-state index contributed by atoms with van der Waals surface area (Å²) in [5.41, 5.74) is 12.0. The molecule has 160 valence electrons. The van der Waals surface area contributed by atoms with Crippen LogP contribution in [0.1, 0.15) is 24.4 Å². The van der Waals surface area contributed by atoms with Gasteiger partial charge in [-0.15, -0.1) is 0 Å². The number of fused-ring (bicyclic) bond motifs is 1. The van der Waals surface area contributed by atoms with Gasteiger partial charge in [-0.3, -0.25) is 14.3 Å². The van der Waals surface area contributed by atoms with E-state index in [9.17, 15) is 10.1 Å². The van der Waals surface area contributed by atoms with Crippen molar-refractivity contribution in [3.8, 4) is 11.8 Å². The third-order valence-corrected chi connectivity index (χ3v) is 5.33. The summed E-state index contributed by atoms with van der Waals surface area (Å²) in [6.45, 7) is 1.75. The van der Waals surface area contributed by atoms with Crippen LogP contribution in [0.15, 0.2) is 41.5 Å². The SMILES string of the molecule is CC(Nc1[nH+]c(N)nc(N)c1C#N)c1nc2c(Cl)ccc(Cl)c2c(=O)n1-c1cccnc1. The van der Waals surface area contributed by atoms with Gasteiger partial charge in [0.15, 0.2) is 5.56 Å². The van der Waals surface area contributed by atoms with Gasteiger partial charge in [0.25, 0.3) is 5.56 Å². The molecule has 0 aliphatic rings. The maximum absolute atomic E-state index is 13.5. The third-order valence-electron chi connectivity index (χ3n) is 4.71. The molecule has 0 radical (unpaired) electrons. The number of benzene rings is 1. The number of anilines is 3. The second kappa shape index (κ2) is 8.30. The van der Waals surface area contributed by atoms with Crippen molar-refractivity contribution >= 4 is 51.7 Å². The van der Waals surface area contributed by atoms with Gasteiger partial charge in [-0.2, -0.15) is 5.26 Å².